The zero-order valence-corrected chi connectivity index (χ0v) is 14.6. The zero-order chi connectivity index (χ0) is 19.6. The molecule has 0 saturated carbocycles. The third-order valence-corrected chi connectivity index (χ3v) is 4.09. The van der Waals surface area contributed by atoms with Gasteiger partial charge in [-0.05, 0) is 6.07 Å². The van der Waals surface area contributed by atoms with Crippen molar-refractivity contribution in [3.8, 4) is 0 Å². The average molecular weight is 365 g/mol. The first kappa shape index (κ1) is 18.1. The number of hydrogen-bond donors (Lipinski definition) is 1. The normalized spacial score (nSPS) is 12.7. The molecule has 0 aliphatic heterocycles. The van der Waals surface area contributed by atoms with Gasteiger partial charge >= 0.3 is 11.9 Å². The Bertz CT molecular complexity index is 1010. The maximum absolute atomic E-state index is 13.0. The highest BCUT2D eigenvalue weighted by molar-refractivity contribution is 6.30. The van der Waals surface area contributed by atoms with Crippen LogP contribution in [0.3, 0.4) is 0 Å². The molecule has 0 aromatic heterocycles. The first-order valence-corrected chi connectivity index (χ1v) is 7.94. The largest absolute Gasteiger partial charge is 0.466 e. The number of nitrogens with one attached hydrogen (secondary N) is 1. The van der Waals surface area contributed by atoms with Crippen molar-refractivity contribution in [3.05, 3.63) is 76.5 Å². The number of anilines is 1. The minimum Gasteiger partial charge on any atom is -0.466 e. The summed E-state index contributed by atoms with van der Waals surface area (Å²) in [4.78, 5) is 49.2. The number of ether oxygens (including phenoxy) is 2. The van der Waals surface area contributed by atoms with E-state index in [4.69, 9.17) is 0 Å². The van der Waals surface area contributed by atoms with Crippen LogP contribution in [0.4, 0.5) is 5.69 Å². The quantitative estimate of drug-likeness (QED) is 0.558. The molecule has 7 heteroatoms. The van der Waals surface area contributed by atoms with Crippen molar-refractivity contribution < 1.29 is 28.7 Å². The smallest absolute Gasteiger partial charge is 0.354 e. The Morgan fingerprint density at radius 2 is 1.48 bits per heavy atom. The molecule has 0 fully saturated rings. The van der Waals surface area contributed by atoms with Crippen molar-refractivity contribution in [2.24, 2.45) is 0 Å². The lowest BCUT2D eigenvalue weighted by Crippen LogP contribution is -2.23. The molecule has 0 atom stereocenters. The van der Waals surface area contributed by atoms with Gasteiger partial charge < -0.3 is 14.8 Å². The zero-order valence-electron chi connectivity index (χ0n) is 14.6. The molecule has 1 N–H and O–H groups in total. The summed E-state index contributed by atoms with van der Waals surface area (Å²) in [6, 6.07) is 11.2. The van der Waals surface area contributed by atoms with Gasteiger partial charge in [-0.3, -0.25) is 9.59 Å². The van der Waals surface area contributed by atoms with Crippen molar-refractivity contribution in [2.75, 3.05) is 19.5 Å². The van der Waals surface area contributed by atoms with Crippen LogP contribution in [0.5, 0.6) is 0 Å². The Labute approximate surface area is 154 Å². The van der Waals surface area contributed by atoms with Gasteiger partial charge in [-0.2, -0.15) is 0 Å². The van der Waals surface area contributed by atoms with E-state index >= 15 is 0 Å². The fourth-order valence-electron chi connectivity index (χ4n) is 2.83. The molecular formula is C20H15NO6. The first-order chi connectivity index (χ1) is 13.0. The third kappa shape index (κ3) is 3.22. The average Bonchev–Trinajstić information content (AvgIpc) is 2.70. The lowest BCUT2D eigenvalue weighted by atomic mass is 9.83. The lowest BCUT2D eigenvalue weighted by Gasteiger charge is -2.21. The number of fused-ring (bicyclic) bond motifs is 2. The monoisotopic (exact) mass is 365 g/mol. The highest BCUT2D eigenvalue weighted by atomic mass is 16.5. The molecule has 1 aliphatic carbocycles. The van der Waals surface area contributed by atoms with E-state index in [1.165, 1.54) is 6.07 Å². The van der Waals surface area contributed by atoms with E-state index in [9.17, 15) is 19.2 Å². The fourth-order valence-corrected chi connectivity index (χ4v) is 2.83. The summed E-state index contributed by atoms with van der Waals surface area (Å²) in [7, 11) is 2.32. The minimum atomic E-state index is -0.826. The van der Waals surface area contributed by atoms with E-state index in [0.29, 0.717) is 5.56 Å². The molecule has 0 radical (unpaired) electrons. The van der Waals surface area contributed by atoms with Crippen molar-refractivity contribution in [3.63, 3.8) is 0 Å². The summed E-state index contributed by atoms with van der Waals surface area (Å²) in [5, 5.41) is 2.72. The fraction of sp³-hybridized carbons (Fsp3) is 0.100. The molecule has 0 saturated heterocycles. The Hall–Kier alpha value is -3.74. The van der Waals surface area contributed by atoms with Gasteiger partial charge in [-0.1, -0.05) is 36.4 Å². The maximum Gasteiger partial charge on any atom is 0.354 e. The second-order valence-electron chi connectivity index (χ2n) is 5.63. The molecule has 2 aromatic carbocycles. The van der Waals surface area contributed by atoms with Crippen LogP contribution >= 0.6 is 0 Å². The second-order valence-corrected chi connectivity index (χ2v) is 5.63. The summed E-state index contributed by atoms with van der Waals surface area (Å²) in [5.74, 6) is -2.25. The topological polar surface area (TPSA) is 98.8 Å². The Morgan fingerprint density at radius 1 is 0.852 bits per heavy atom. The number of ketones is 2. The number of methoxy groups -OCH3 is 2. The first-order valence-electron chi connectivity index (χ1n) is 7.94. The maximum atomic E-state index is 13.0. The van der Waals surface area contributed by atoms with Crippen molar-refractivity contribution in [1.82, 2.24) is 0 Å². The van der Waals surface area contributed by atoms with E-state index in [0.717, 1.165) is 20.3 Å². The summed E-state index contributed by atoms with van der Waals surface area (Å²) in [6.45, 7) is 0. The van der Waals surface area contributed by atoms with E-state index < -0.39 is 11.9 Å². The lowest BCUT2D eigenvalue weighted by molar-refractivity contribution is -0.138. The molecule has 2 aromatic rings. The van der Waals surface area contributed by atoms with Gasteiger partial charge in [0.25, 0.3) is 0 Å². The summed E-state index contributed by atoms with van der Waals surface area (Å²) in [6.07, 6.45) is 0.911. The van der Waals surface area contributed by atoms with Gasteiger partial charge in [0.15, 0.2) is 11.6 Å². The molecule has 0 amide bonds. The minimum absolute atomic E-state index is 0.126. The van der Waals surface area contributed by atoms with Crippen LogP contribution in [0.1, 0.15) is 31.8 Å². The van der Waals surface area contributed by atoms with E-state index in [2.05, 4.69) is 14.8 Å². The van der Waals surface area contributed by atoms with Crippen LogP contribution in [0.25, 0.3) is 0 Å². The predicted molar refractivity (Wildman–Crippen MR) is 95.5 cm³/mol. The molecular weight excluding hydrogens is 350 g/mol. The molecule has 0 unspecified atom stereocenters. The van der Waals surface area contributed by atoms with Crippen LogP contribution in [-0.2, 0) is 19.1 Å². The summed E-state index contributed by atoms with van der Waals surface area (Å²) in [5.41, 5.74) is 0.927. The van der Waals surface area contributed by atoms with E-state index in [1.54, 1.807) is 36.4 Å². The molecule has 7 nitrogen and oxygen atoms in total. The van der Waals surface area contributed by atoms with Crippen molar-refractivity contribution in [1.29, 1.82) is 0 Å². The number of benzene rings is 2. The number of esters is 2. The molecule has 1 aliphatic rings. The van der Waals surface area contributed by atoms with Gasteiger partial charge in [0.05, 0.1) is 31.5 Å². The predicted octanol–water partition coefficient (Wildman–Crippen LogP) is 2.10. The van der Waals surface area contributed by atoms with Crippen molar-refractivity contribution >= 4 is 29.2 Å². The SMILES string of the molecule is COC(=O)/C=C(/Nc1cccc2c1C(=O)c1ccccc1C2=O)C(=O)OC. The van der Waals surface area contributed by atoms with Gasteiger partial charge in [-0.15, -0.1) is 0 Å². The van der Waals surface area contributed by atoms with E-state index in [1.807, 2.05) is 0 Å². The molecule has 0 heterocycles. The molecule has 0 bridgehead atoms. The van der Waals surface area contributed by atoms with E-state index in [-0.39, 0.29) is 39.6 Å². The van der Waals surface area contributed by atoms with Gasteiger partial charge in [0.2, 0.25) is 0 Å². The Kier molecular flexibility index (Phi) is 4.85. The standard InChI is InChI=1S/C20H15NO6/c1-26-16(22)10-15(20(25)27-2)21-14-9-5-8-13-17(14)19(24)12-7-4-3-6-11(12)18(13)23/h3-10,21H,1-2H3/b15-10+. The number of carbonyl (C=O) groups excluding carboxylic acids is 4. The second kappa shape index (κ2) is 7.25. The van der Waals surface area contributed by atoms with Crippen LogP contribution in [0.2, 0.25) is 0 Å². The number of carbonyl (C=O) groups is 4. The number of rotatable bonds is 4. The molecule has 136 valence electrons. The molecule has 0 spiro atoms. The Morgan fingerprint density at radius 3 is 2.11 bits per heavy atom. The highest BCUT2D eigenvalue weighted by Crippen LogP contribution is 2.32. The van der Waals surface area contributed by atoms with Crippen LogP contribution < -0.4 is 5.32 Å². The highest BCUT2D eigenvalue weighted by Gasteiger charge is 2.31. The van der Waals surface area contributed by atoms with Crippen LogP contribution in [-0.4, -0.2) is 37.7 Å². The Balaban J connectivity index is 2.10. The summed E-state index contributed by atoms with van der Waals surface area (Å²) < 4.78 is 9.18. The number of hydrogen-bond acceptors (Lipinski definition) is 7. The molecule has 3 rings (SSSR count). The summed E-state index contributed by atoms with van der Waals surface area (Å²) >= 11 is 0. The third-order valence-electron chi connectivity index (χ3n) is 4.09. The van der Waals surface area contributed by atoms with Gasteiger partial charge in [0, 0.05) is 16.7 Å². The van der Waals surface area contributed by atoms with Crippen molar-refractivity contribution in [2.45, 2.75) is 0 Å². The van der Waals surface area contributed by atoms with Crippen LogP contribution in [0.15, 0.2) is 54.2 Å². The van der Waals surface area contributed by atoms with Gasteiger partial charge in [-0.25, -0.2) is 9.59 Å². The van der Waals surface area contributed by atoms with Gasteiger partial charge in [0.1, 0.15) is 5.70 Å². The molecule has 27 heavy (non-hydrogen) atoms. The van der Waals surface area contributed by atoms with Crippen LogP contribution in [0, 0.1) is 0 Å².